The van der Waals surface area contributed by atoms with E-state index < -0.39 is 5.82 Å². The Bertz CT molecular complexity index is 424. The standard InChI is InChI=1S/C12H11BrFNO/c13-9-5-4-6-10(14)11(9)12(16)15-7-2-1-3-8-15/h1-2,4-6H,3,7-8H2. The fourth-order valence-electron chi connectivity index (χ4n) is 1.69. The smallest absolute Gasteiger partial charge is 0.258 e. The van der Waals surface area contributed by atoms with E-state index in [2.05, 4.69) is 15.9 Å². The first-order chi connectivity index (χ1) is 7.70. The Morgan fingerprint density at radius 2 is 2.19 bits per heavy atom. The lowest BCUT2D eigenvalue weighted by Crippen LogP contribution is -2.34. The van der Waals surface area contributed by atoms with Gasteiger partial charge in [0.25, 0.3) is 5.91 Å². The number of carbonyl (C=O) groups excluding carboxylic acids is 1. The zero-order valence-corrected chi connectivity index (χ0v) is 10.2. The van der Waals surface area contributed by atoms with Gasteiger partial charge in [-0.3, -0.25) is 4.79 Å². The minimum atomic E-state index is -0.478. The van der Waals surface area contributed by atoms with Crippen molar-refractivity contribution in [2.45, 2.75) is 6.42 Å². The molecule has 0 saturated carbocycles. The first-order valence-corrected chi connectivity index (χ1v) is 5.87. The molecule has 0 unspecified atom stereocenters. The maximum absolute atomic E-state index is 13.6. The Hall–Kier alpha value is -1.16. The number of halogens is 2. The van der Waals surface area contributed by atoms with Crippen molar-refractivity contribution in [1.29, 1.82) is 0 Å². The molecule has 0 fully saturated rings. The summed E-state index contributed by atoms with van der Waals surface area (Å²) in [5.41, 5.74) is 0.123. The van der Waals surface area contributed by atoms with Crippen LogP contribution in [0, 0.1) is 5.82 Å². The predicted octanol–water partition coefficient (Wildman–Crippen LogP) is 2.99. The van der Waals surface area contributed by atoms with Gasteiger partial charge in [0.05, 0.1) is 5.56 Å². The quantitative estimate of drug-likeness (QED) is 0.726. The maximum atomic E-state index is 13.6. The molecule has 4 heteroatoms. The number of amides is 1. The van der Waals surface area contributed by atoms with Gasteiger partial charge in [0, 0.05) is 17.6 Å². The number of rotatable bonds is 1. The Morgan fingerprint density at radius 1 is 1.38 bits per heavy atom. The molecule has 0 bridgehead atoms. The Balaban J connectivity index is 2.30. The molecule has 0 aromatic heterocycles. The molecular formula is C12H11BrFNO. The molecule has 0 radical (unpaired) electrons. The summed E-state index contributed by atoms with van der Waals surface area (Å²) in [7, 11) is 0. The van der Waals surface area contributed by atoms with Gasteiger partial charge in [0.15, 0.2) is 0 Å². The van der Waals surface area contributed by atoms with E-state index in [4.69, 9.17) is 0 Å². The van der Waals surface area contributed by atoms with Gasteiger partial charge in [-0.1, -0.05) is 18.2 Å². The Labute approximate surface area is 102 Å². The van der Waals surface area contributed by atoms with Crippen LogP contribution in [0.3, 0.4) is 0 Å². The van der Waals surface area contributed by atoms with Crippen LogP contribution < -0.4 is 0 Å². The van der Waals surface area contributed by atoms with E-state index in [9.17, 15) is 9.18 Å². The van der Waals surface area contributed by atoms with Crippen molar-refractivity contribution in [3.63, 3.8) is 0 Å². The van der Waals surface area contributed by atoms with Crippen molar-refractivity contribution in [2.24, 2.45) is 0 Å². The second kappa shape index (κ2) is 4.78. The van der Waals surface area contributed by atoms with Crippen LogP contribution in [-0.4, -0.2) is 23.9 Å². The van der Waals surface area contributed by atoms with Crippen molar-refractivity contribution >= 4 is 21.8 Å². The van der Waals surface area contributed by atoms with E-state index in [0.29, 0.717) is 17.6 Å². The van der Waals surface area contributed by atoms with Gasteiger partial charge in [-0.25, -0.2) is 4.39 Å². The molecule has 1 aromatic carbocycles. The fraction of sp³-hybridized carbons (Fsp3) is 0.250. The van der Waals surface area contributed by atoms with Gasteiger partial charge in [0.2, 0.25) is 0 Å². The third-order valence-electron chi connectivity index (χ3n) is 2.52. The monoisotopic (exact) mass is 283 g/mol. The summed E-state index contributed by atoms with van der Waals surface area (Å²) in [5, 5.41) is 0. The van der Waals surface area contributed by atoms with Gasteiger partial charge in [-0.2, -0.15) is 0 Å². The number of hydrogen-bond acceptors (Lipinski definition) is 1. The van der Waals surface area contributed by atoms with E-state index in [1.54, 1.807) is 17.0 Å². The predicted molar refractivity (Wildman–Crippen MR) is 63.8 cm³/mol. The number of carbonyl (C=O) groups is 1. The molecule has 2 rings (SSSR count). The van der Waals surface area contributed by atoms with Crippen molar-refractivity contribution in [2.75, 3.05) is 13.1 Å². The van der Waals surface area contributed by atoms with Crippen molar-refractivity contribution < 1.29 is 9.18 Å². The van der Waals surface area contributed by atoms with Crippen LogP contribution in [0.2, 0.25) is 0 Å². The fourth-order valence-corrected chi connectivity index (χ4v) is 2.20. The summed E-state index contributed by atoms with van der Waals surface area (Å²) in [6.07, 6.45) is 4.79. The lowest BCUT2D eigenvalue weighted by atomic mass is 10.1. The highest BCUT2D eigenvalue weighted by atomic mass is 79.9. The normalized spacial score (nSPS) is 15.2. The molecule has 0 aliphatic carbocycles. The molecule has 1 aliphatic rings. The van der Waals surface area contributed by atoms with Gasteiger partial charge in [-0.15, -0.1) is 0 Å². The zero-order chi connectivity index (χ0) is 11.5. The molecule has 0 N–H and O–H groups in total. The first kappa shape index (κ1) is 11.3. The van der Waals surface area contributed by atoms with Gasteiger partial charge in [0.1, 0.15) is 5.82 Å². The third-order valence-corrected chi connectivity index (χ3v) is 3.18. The maximum Gasteiger partial charge on any atom is 0.258 e. The van der Waals surface area contributed by atoms with Crippen molar-refractivity contribution in [3.8, 4) is 0 Å². The van der Waals surface area contributed by atoms with Gasteiger partial charge >= 0.3 is 0 Å². The molecule has 1 amide bonds. The summed E-state index contributed by atoms with van der Waals surface area (Å²) in [5.74, 6) is -0.733. The summed E-state index contributed by atoms with van der Waals surface area (Å²) in [6.45, 7) is 1.20. The number of hydrogen-bond donors (Lipinski definition) is 0. The first-order valence-electron chi connectivity index (χ1n) is 5.08. The van der Waals surface area contributed by atoms with E-state index >= 15 is 0 Å². The van der Waals surface area contributed by atoms with Crippen LogP contribution >= 0.6 is 15.9 Å². The Kier molecular flexibility index (Phi) is 3.39. The molecule has 0 saturated heterocycles. The van der Waals surface area contributed by atoms with E-state index in [1.165, 1.54) is 6.07 Å². The third kappa shape index (κ3) is 2.16. The average molecular weight is 284 g/mol. The second-order valence-corrected chi connectivity index (χ2v) is 4.46. The molecule has 1 heterocycles. The van der Waals surface area contributed by atoms with Crippen LogP contribution in [0.25, 0.3) is 0 Å². The second-order valence-electron chi connectivity index (χ2n) is 3.61. The average Bonchev–Trinajstić information content (AvgIpc) is 2.30. The highest BCUT2D eigenvalue weighted by Crippen LogP contribution is 2.22. The lowest BCUT2D eigenvalue weighted by Gasteiger charge is -2.24. The van der Waals surface area contributed by atoms with Crippen molar-refractivity contribution in [1.82, 2.24) is 4.90 Å². The van der Waals surface area contributed by atoms with E-state index in [1.807, 2.05) is 12.2 Å². The van der Waals surface area contributed by atoms with Crippen molar-refractivity contribution in [3.05, 3.63) is 46.2 Å². The number of benzene rings is 1. The summed E-state index contributed by atoms with van der Waals surface area (Å²) < 4.78 is 14.1. The highest BCUT2D eigenvalue weighted by Gasteiger charge is 2.21. The summed E-state index contributed by atoms with van der Waals surface area (Å²) in [4.78, 5) is 13.7. The SMILES string of the molecule is O=C(c1c(F)cccc1Br)N1CC=CCC1. The van der Waals surface area contributed by atoms with Crippen LogP contribution in [0.15, 0.2) is 34.8 Å². The minimum absolute atomic E-state index is 0.123. The van der Waals surface area contributed by atoms with Gasteiger partial charge in [-0.05, 0) is 34.5 Å². The number of nitrogens with zero attached hydrogens (tertiary/aromatic N) is 1. The Morgan fingerprint density at radius 3 is 2.81 bits per heavy atom. The zero-order valence-electron chi connectivity index (χ0n) is 8.62. The van der Waals surface area contributed by atoms with Gasteiger partial charge < -0.3 is 4.90 Å². The van der Waals surface area contributed by atoms with Crippen LogP contribution in [0.5, 0.6) is 0 Å². The van der Waals surface area contributed by atoms with Crippen LogP contribution in [0.1, 0.15) is 16.8 Å². The molecule has 0 atom stereocenters. The largest absolute Gasteiger partial charge is 0.334 e. The molecule has 1 aliphatic heterocycles. The van der Waals surface area contributed by atoms with Crippen LogP contribution in [0.4, 0.5) is 4.39 Å². The van der Waals surface area contributed by atoms with E-state index in [-0.39, 0.29) is 11.5 Å². The highest BCUT2D eigenvalue weighted by molar-refractivity contribution is 9.10. The lowest BCUT2D eigenvalue weighted by molar-refractivity contribution is 0.0765. The summed E-state index contributed by atoms with van der Waals surface area (Å²) in [6, 6.07) is 4.56. The molecule has 2 nitrogen and oxygen atoms in total. The molecule has 0 spiro atoms. The van der Waals surface area contributed by atoms with Crippen LogP contribution in [-0.2, 0) is 0 Å². The molecule has 1 aromatic rings. The molecular weight excluding hydrogens is 273 g/mol. The molecule has 16 heavy (non-hydrogen) atoms. The van der Waals surface area contributed by atoms with E-state index in [0.717, 1.165) is 6.42 Å². The summed E-state index contributed by atoms with van der Waals surface area (Å²) >= 11 is 3.21. The minimum Gasteiger partial charge on any atom is -0.334 e. The molecule has 84 valence electrons. The topological polar surface area (TPSA) is 20.3 Å².